The van der Waals surface area contributed by atoms with Crippen LogP contribution < -0.4 is 15.4 Å². The Morgan fingerprint density at radius 1 is 1.07 bits per heavy atom. The highest BCUT2D eigenvalue weighted by atomic mass is 32.1. The molecule has 3 atom stereocenters. The molecule has 0 unspecified atom stereocenters. The van der Waals surface area contributed by atoms with Crippen LogP contribution in [0.2, 0.25) is 0 Å². The van der Waals surface area contributed by atoms with Crippen molar-refractivity contribution in [1.82, 2.24) is 40.9 Å². The summed E-state index contributed by atoms with van der Waals surface area (Å²) in [5.41, 5.74) is 6.62. The molecule has 3 amide bonds. The van der Waals surface area contributed by atoms with Gasteiger partial charge in [-0.1, -0.05) is 50.2 Å². The predicted molar refractivity (Wildman–Crippen MR) is 206 cm³/mol. The number of benzene rings is 2. The molecule has 284 valence electrons. The first-order valence-corrected chi connectivity index (χ1v) is 19.1. The van der Waals surface area contributed by atoms with Crippen molar-refractivity contribution in [2.24, 2.45) is 5.92 Å². The number of phenolic OH excluding ortho intramolecular Hbond substituents is 1. The number of aromatic nitrogens is 5. The van der Waals surface area contributed by atoms with Gasteiger partial charge in [-0.05, 0) is 73.2 Å². The molecule has 4 N–H and O–H groups in total. The van der Waals surface area contributed by atoms with Gasteiger partial charge in [-0.3, -0.25) is 14.4 Å². The van der Waals surface area contributed by atoms with Gasteiger partial charge in [0.15, 0.2) is 11.4 Å². The monoisotopic (exact) mass is 762 g/mol. The van der Waals surface area contributed by atoms with Gasteiger partial charge < -0.3 is 34.9 Å². The van der Waals surface area contributed by atoms with E-state index in [-0.39, 0.29) is 54.5 Å². The molecule has 0 bridgehead atoms. The van der Waals surface area contributed by atoms with E-state index < -0.39 is 12.0 Å². The molecule has 1 aliphatic rings. The van der Waals surface area contributed by atoms with E-state index in [9.17, 15) is 19.5 Å². The van der Waals surface area contributed by atoms with Crippen LogP contribution in [-0.2, 0) is 9.59 Å². The van der Waals surface area contributed by atoms with E-state index in [1.165, 1.54) is 0 Å². The zero-order chi connectivity index (χ0) is 38.6. The van der Waals surface area contributed by atoms with Crippen LogP contribution >= 0.6 is 11.3 Å². The molecular weight excluding hydrogens is 721 g/mol. The second-order valence-corrected chi connectivity index (χ2v) is 14.8. The molecule has 0 spiro atoms. The highest BCUT2D eigenvalue weighted by molar-refractivity contribution is 7.13. The molecule has 0 radical (unpaired) electrons. The number of likely N-dealkylation sites (tertiary alicyclic amines) is 1. The zero-order valence-electron chi connectivity index (χ0n) is 30.9. The molecule has 6 aromatic rings. The SMILES string of the molecule is Cc1ncsc1-c1ccc([C@H](C)NC(=O)[C@@H]2CCCN2C(=O)[C@@H](c2cc(OCCNC(=O)c3cc4cc(-c5ccccc5O)nnc4[nH]3)no2)C(C)C)cc1. The van der Waals surface area contributed by atoms with Crippen LogP contribution in [0.5, 0.6) is 11.6 Å². The van der Waals surface area contributed by atoms with Crippen molar-refractivity contribution in [2.75, 3.05) is 19.7 Å². The lowest BCUT2D eigenvalue weighted by atomic mass is 9.91. The lowest BCUT2D eigenvalue weighted by molar-refractivity contribution is -0.141. The molecule has 1 fully saturated rings. The van der Waals surface area contributed by atoms with E-state index >= 15 is 0 Å². The van der Waals surface area contributed by atoms with Gasteiger partial charge in [0.25, 0.3) is 11.8 Å². The van der Waals surface area contributed by atoms with Gasteiger partial charge in [0.05, 0.1) is 34.4 Å². The number of aromatic amines is 1. The van der Waals surface area contributed by atoms with Crippen LogP contribution in [0.4, 0.5) is 0 Å². The van der Waals surface area contributed by atoms with E-state index in [0.29, 0.717) is 53.1 Å². The Morgan fingerprint density at radius 3 is 2.62 bits per heavy atom. The van der Waals surface area contributed by atoms with E-state index in [1.54, 1.807) is 58.7 Å². The molecule has 4 aromatic heterocycles. The summed E-state index contributed by atoms with van der Waals surface area (Å²) >= 11 is 1.60. The number of aromatic hydroxyl groups is 1. The second kappa shape index (κ2) is 16.1. The fraction of sp³-hybridized carbons (Fsp3) is 0.325. The standard InChI is InChI=1S/C40H42N8O6S/c1-22(2)35(40(52)48-16-7-9-31(48)39(51)43-23(3)25-11-13-26(14-12-25)36-24(4)42-21-55-36)33-20-34(47-54-33)53-17-15-41-38(50)30-19-27-18-29(45-46-37(27)44-30)28-8-5-6-10-32(28)49/h5-6,8,10-14,18-23,31,35,49H,7,9,15-17H2,1-4H3,(H,41,50)(H,43,51)(H,44,46)/t23-,31-,35+/m0/s1. The first-order valence-electron chi connectivity index (χ1n) is 18.2. The fourth-order valence-electron chi connectivity index (χ4n) is 6.89. The van der Waals surface area contributed by atoms with Gasteiger partial charge >= 0.3 is 0 Å². The lowest BCUT2D eigenvalue weighted by Gasteiger charge is -2.29. The van der Waals surface area contributed by atoms with Crippen molar-refractivity contribution >= 4 is 40.1 Å². The van der Waals surface area contributed by atoms with Crippen molar-refractivity contribution in [1.29, 1.82) is 0 Å². The van der Waals surface area contributed by atoms with Crippen molar-refractivity contribution in [3.8, 4) is 33.3 Å². The van der Waals surface area contributed by atoms with Crippen LogP contribution in [0.25, 0.3) is 32.7 Å². The Hall–Kier alpha value is -6.09. The summed E-state index contributed by atoms with van der Waals surface area (Å²) < 4.78 is 11.4. The van der Waals surface area contributed by atoms with Gasteiger partial charge in [-0.2, -0.15) is 0 Å². The fourth-order valence-corrected chi connectivity index (χ4v) is 7.70. The minimum Gasteiger partial charge on any atom is -0.507 e. The van der Waals surface area contributed by atoms with Crippen molar-refractivity contribution in [3.63, 3.8) is 0 Å². The number of hydrogen-bond acceptors (Lipinski definition) is 11. The number of rotatable bonds is 13. The summed E-state index contributed by atoms with van der Waals surface area (Å²) in [5.74, 6) is -0.961. The van der Waals surface area contributed by atoms with Crippen molar-refractivity contribution < 1.29 is 28.8 Å². The first kappa shape index (κ1) is 37.2. The Kier molecular flexibility index (Phi) is 10.9. The largest absolute Gasteiger partial charge is 0.507 e. The minimum absolute atomic E-state index is 0.0852. The van der Waals surface area contributed by atoms with E-state index in [4.69, 9.17) is 9.26 Å². The lowest BCUT2D eigenvalue weighted by Crippen LogP contribution is -2.48. The quantitative estimate of drug-likeness (QED) is 0.0992. The number of phenols is 1. The van der Waals surface area contributed by atoms with Crippen molar-refractivity contribution in [2.45, 2.75) is 58.5 Å². The molecular formula is C40H42N8O6S. The molecule has 2 aromatic carbocycles. The molecule has 55 heavy (non-hydrogen) atoms. The number of aryl methyl sites for hydroxylation is 1. The molecule has 5 heterocycles. The second-order valence-electron chi connectivity index (χ2n) is 13.9. The van der Waals surface area contributed by atoms with Crippen LogP contribution in [0, 0.1) is 12.8 Å². The number of carbonyl (C=O) groups excluding carboxylic acids is 3. The van der Waals surface area contributed by atoms with Crippen LogP contribution in [0.1, 0.15) is 73.1 Å². The molecule has 0 aliphatic carbocycles. The van der Waals surface area contributed by atoms with Gasteiger partial charge in [0.2, 0.25) is 11.8 Å². The van der Waals surface area contributed by atoms with Gasteiger partial charge in [0.1, 0.15) is 30.0 Å². The van der Waals surface area contributed by atoms with E-state index in [2.05, 4.69) is 36.0 Å². The summed E-state index contributed by atoms with van der Waals surface area (Å²) in [6, 6.07) is 19.1. The highest BCUT2D eigenvalue weighted by Crippen LogP contribution is 2.33. The molecule has 0 saturated carbocycles. The summed E-state index contributed by atoms with van der Waals surface area (Å²) in [6.07, 6.45) is 1.29. The third-order valence-electron chi connectivity index (χ3n) is 9.80. The topological polar surface area (TPSA) is 188 Å². The average Bonchev–Trinajstić information content (AvgIpc) is 4.01. The third kappa shape index (κ3) is 8.06. The molecule has 14 nitrogen and oxygen atoms in total. The number of nitrogens with one attached hydrogen (secondary N) is 3. The number of hydrogen-bond donors (Lipinski definition) is 4. The number of H-pyrrole nitrogens is 1. The number of fused-ring (bicyclic) bond motifs is 1. The maximum absolute atomic E-state index is 14.0. The zero-order valence-corrected chi connectivity index (χ0v) is 31.7. The Morgan fingerprint density at radius 2 is 1.87 bits per heavy atom. The van der Waals surface area contributed by atoms with Crippen LogP contribution in [0.15, 0.2) is 76.8 Å². The number of amides is 3. The maximum atomic E-state index is 14.0. The van der Waals surface area contributed by atoms with Crippen LogP contribution in [0.3, 0.4) is 0 Å². The number of carbonyl (C=O) groups is 3. The number of ether oxygens (including phenoxy) is 1. The Balaban J connectivity index is 0.921. The van der Waals surface area contributed by atoms with Crippen LogP contribution in [-0.4, -0.2) is 78.8 Å². The Bertz CT molecular complexity index is 2320. The molecule has 15 heteroatoms. The number of para-hydroxylation sites is 1. The number of nitrogens with zero attached hydrogens (tertiary/aromatic N) is 5. The van der Waals surface area contributed by atoms with Gasteiger partial charge in [-0.25, -0.2) is 4.98 Å². The first-order chi connectivity index (χ1) is 26.6. The van der Waals surface area contributed by atoms with Gasteiger partial charge in [0, 0.05) is 23.6 Å². The summed E-state index contributed by atoms with van der Waals surface area (Å²) in [6.45, 7) is 8.50. The summed E-state index contributed by atoms with van der Waals surface area (Å²) in [4.78, 5) is 50.6. The molecule has 1 aliphatic heterocycles. The third-order valence-corrected chi connectivity index (χ3v) is 10.8. The highest BCUT2D eigenvalue weighted by Gasteiger charge is 2.40. The predicted octanol–water partition coefficient (Wildman–Crippen LogP) is 6.17. The van der Waals surface area contributed by atoms with Crippen molar-refractivity contribution in [3.05, 3.63) is 95.0 Å². The number of thiazole rings is 1. The normalized spacial score (nSPS) is 15.3. The molecule has 1 saturated heterocycles. The smallest absolute Gasteiger partial charge is 0.267 e. The molecule has 7 rings (SSSR count). The maximum Gasteiger partial charge on any atom is 0.267 e. The summed E-state index contributed by atoms with van der Waals surface area (Å²) in [7, 11) is 0. The Labute approximate surface area is 321 Å². The summed E-state index contributed by atoms with van der Waals surface area (Å²) in [5, 5.41) is 29.1. The average molecular weight is 763 g/mol. The van der Waals surface area contributed by atoms with Gasteiger partial charge in [-0.15, -0.1) is 21.5 Å². The van der Waals surface area contributed by atoms with E-state index in [0.717, 1.165) is 21.7 Å². The minimum atomic E-state index is -0.672. The van der Waals surface area contributed by atoms with E-state index in [1.807, 2.05) is 57.5 Å².